The van der Waals surface area contributed by atoms with Gasteiger partial charge < -0.3 is 20.5 Å². The lowest BCUT2D eigenvalue weighted by Gasteiger charge is -2.11. The molecule has 138 valence electrons. The number of aromatic nitrogens is 2. The Morgan fingerprint density at radius 1 is 1.00 bits per heavy atom. The molecule has 1 aromatic heterocycles. The molecular formula is C20H20N4O3. The van der Waals surface area contributed by atoms with Gasteiger partial charge in [-0.15, -0.1) is 0 Å². The van der Waals surface area contributed by atoms with Crippen molar-refractivity contribution in [2.24, 2.45) is 0 Å². The van der Waals surface area contributed by atoms with Crippen LogP contribution in [0.3, 0.4) is 0 Å². The van der Waals surface area contributed by atoms with Gasteiger partial charge in [0.15, 0.2) is 0 Å². The second kappa shape index (κ2) is 8.18. The number of aryl methyl sites for hydroxylation is 1. The smallest absolute Gasteiger partial charge is 0.335 e. The molecule has 3 aromatic rings. The quantitative estimate of drug-likeness (QED) is 0.573. The molecule has 3 rings (SSSR count). The number of carboxylic acids is 1. The summed E-state index contributed by atoms with van der Waals surface area (Å²) < 4.78 is 5.44. The first-order valence-corrected chi connectivity index (χ1v) is 8.49. The maximum absolute atomic E-state index is 11.1. The Balaban J connectivity index is 1.77. The zero-order chi connectivity index (χ0) is 19.2. The number of hydrogen-bond acceptors (Lipinski definition) is 6. The number of benzene rings is 2. The van der Waals surface area contributed by atoms with Gasteiger partial charge in [0.05, 0.1) is 12.2 Å². The van der Waals surface area contributed by atoms with Crippen LogP contribution in [0.15, 0.2) is 54.6 Å². The average Bonchev–Trinajstić information content (AvgIpc) is 2.63. The van der Waals surface area contributed by atoms with Gasteiger partial charge in [-0.25, -0.2) is 14.8 Å². The number of rotatable bonds is 7. The summed E-state index contributed by atoms with van der Waals surface area (Å²) in [5.74, 6) is 1.61. The molecule has 27 heavy (non-hydrogen) atoms. The van der Waals surface area contributed by atoms with Crippen LogP contribution in [0.25, 0.3) is 0 Å². The Hall–Kier alpha value is -3.61. The first-order valence-electron chi connectivity index (χ1n) is 8.49. The summed E-state index contributed by atoms with van der Waals surface area (Å²) in [5, 5.41) is 15.5. The minimum Gasteiger partial charge on any atom is -0.494 e. The minimum absolute atomic E-state index is 0.207. The highest BCUT2D eigenvalue weighted by molar-refractivity contribution is 5.89. The molecule has 1 heterocycles. The van der Waals surface area contributed by atoms with Crippen LogP contribution in [0, 0.1) is 6.92 Å². The van der Waals surface area contributed by atoms with Crippen molar-refractivity contribution < 1.29 is 14.6 Å². The molecule has 0 saturated heterocycles. The molecule has 0 aliphatic carbocycles. The Morgan fingerprint density at radius 2 is 1.67 bits per heavy atom. The molecule has 7 heteroatoms. The minimum atomic E-state index is -0.977. The van der Waals surface area contributed by atoms with Crippen LogP contribution in [-0.2, 0) is 0 Å². The molecule has 3 N–H and O–H groups in total. The van der Waals surface area contributed by atoms with Gasteiger partial charge in [0.1, 0.15) is 23.2 Å². The fourth-order valence-electron chi connectivity index (χ4n) is 2.52. The van der Waals surface area contributed by atoms with Gasteiger partial charge in [0.25, 0.3) is 0 Å². The van der Waals surface area contributed by atoms with Gasteiger partial charge in [-0.3, -0.25) is 0 Å². The van der Waals surface area contributed by atoms with E-state index in [9.17, 15) is 4.79 Å². The number of carbonyl (C=O) groups is 1. The van der Waals surface area contributed by atoms with Crippen molar-refractivity contribution in [2.75, 3.05) is 17.2 Å². The number of carboxylic acid groups (broad SMARTS) is 1. The number of nitrogens with zero attached hydrogens (tertiary/aromatic N) is 2. The van der Waals surface area contributed by atoms with Gasteiger partial charge in [-0.2, -0.15) is 0 Å². The van der Waals surface area contributed by atoms with E-state index in [1.807, 2.05) is 31.2 Å². The highest BCUT2D eigenvalue weighted by Gasteiger charge is 2.06. The van der Waals surface area contributed by atoms with Crippen molar-refractivity contribution in [1.82, 2.24) is 9.97 Å². The molecule has 2 aromatic carbocycles. The van der Waals surface area contributed by atoms with Gasteiger partial charge >= 0.3 is 5.97 Å². The van der Waals surface area contributed by atoms with Crippen LogP contribution in [0.2, 0.25) is 0 Å². The number of nitrogens with one attached hydrogen (secondary N) is 2. The number of hydrogen-bond donors (Lipinski definition) is 3. The predicted octanol–water partition coefficient (Wildman–Crippen LogP) is 4.37. The molecular weight excluding hydrogens is 344 g/mol. The van der Waals surface area contributed by atoms with Crippen molar-refractivity contribution in [3.05, 3.63) is 66.0 Å². The zero-order valence-corrected chi connectivity index (χ0v) is 15.1. The zero-order valence-electron chi connectivity index (χ0n) is 15.1. The highest BCUT2D eigenvalue weighted by Crippen LogP contribution is 2.22. The summed E-state index contributed by atoms with van der Waals surface area (Å²) >= 11 is 0. The Labute approximate surface area is 157 Å². The lowest BCUT2D eigenvalue weighted by molar-refractivity contribution is 0.0697. The van der Waals surface area contributed by atoms with Crippen molar-refractivity contribution in [1.29, 1.82) is 0 Å². The van der Waals surface area contributed by atoms with Crippen LogP contribution in [0.1, 0.15) is 23.1 Å². The number of anilines is 4. The topological polar surface area (TPSA) is 96.4 Å². The molecule has 0 radical (unpaired) electrons. The molecule has 0 atom stereocenters. The van der Waals surface area contributed by atoms with E-state index < -0.39 is 5.97 Å². The predicted molar refractivity (Wildman–Crippen MR) is 104 cm³/mol. The Kier molecular flexibility index (Phi) is 5.51. The molecule has 0 aliphatic heterocycles. The third-order valence-corrected chi connectivity index (χ3v) is 3.66. The largest absolute Gasteiger partial charge is 0.494 e. The van der Waals surface area contributed by atoms with E-state index in [-0.39, 0.29) is 5.56 Å². The second-order valence-electron chi connectivity index (χ2n) is 5.78. The summed E-state index contributed by atoms with van der Waals surface area (Å²) in [4.78, 5) is 19.9. The van der Waals surface area contributed by atoms with E-state index in [2.05, 4.69) is 20.6 Å². The summed E-state index contributed by atoms with van der Waals surface area (Å²) in [6.45, 7) is 4.36. The third-order valence-electron chi connectivity index (χ3n) is 3.66. The monoisotopic (exact) mass is 364 g/mol. The Bertz CT molecular complexity index is 942. The number of ether oxygens (including phenoxy) is 1. The van der Waals surface area contributed by atoms with Gasteiger partial charge in [-0.05, 0) is 56.3 Å². The lowest BCUT2D eigenvalue weighted by Crippen LogP contribution is -2.02. The molecule has 7 nitrogen and oxygen atoms in total. The molecule has 0 saturated carbocycles. The van der Waals surface area contributed by atoms with Gasteiger partial charge in [-0.1, -0.05) is 6.07 Å². The Morgan fingerprint density at radius 3 is 2.30 bits per heavy atom. The normalized spacial score (nSPS) is 10.3. The summed E-state index contributed by atoms with van der Waals surface area (Å²) in [5.41, 5.74) is 1.72. The maximum atomic E-state index is 11.1. The van der Waals surface area contributed by atoms with E-state index in [4.69, 9.17) is 9.84 Å². The SMILES string of the molecule is CCOc1ccc(Nc2cc(Nc3cccc(C(=O)O)c3)nc(C)n2)cc1. The highest BCUT2D eigenvalue weighted by atomic mass is 16.5. The first kappa shape index (κ1) is 18.2. The third kappa shape index (κ3) is 4.94. The van der Waals surface area contributed by atoms with Crippen LogP contribution in [0.4, 0.5) is 23.0 Å². The van der Waals surface area contributed by atoms with Gasteiger partial charge in [0.2, 0.25) is 0 Å². The van der Waals surface area contributed by atoms with E-state index in [1.165, 1.54) is 6.07 Å². The molecule has 0 unspecified atom stereocenters. The van der Waals surface area contributed by atoms with Crippen LogP contribution < -0.4 is 15.4 Å². The molecule has 0 aliphatic rings. The van der Waals surface area contributed by atoms with Crippen LogP contribution >= 0.6 is 0 Å². The van der Waals surface area contributed by atoms with Crippen molar-refractivity contribution in [2.45, 2.75) is 13.8 Å². The number of aromatic carboxylic acids is 1. The summed E-state index contributed by atoms with van der Waals surface area (Å²) in [6.07, 6.45) is 0. The standard InChI is InChI=1S/C20H20N4O3/c1-3-27-17-9-7-15(8-10-17)23-18-12-19(22-13(2)21-18)24-16-6-4-5-14(11-16)20(25)26/h4-12H,3H2,1-2H3,(H,25,26)(H2,21,22,23,24). The fraction of sp³-hybridized carbons (Fsp3) is 0.150. The van der Waals surface area contributed by atoms with E-state index in [0.717, 1.165) is 11.4 Å². The van der Waals surface area contributed by atoms with Crippen molar-refractivity contribution in [3.63, 3.8) is 0 Å². The lowest BCUT2D eigenvalue weighted by atomic mass is 10.2. The van der Waals surface area contributed by atoms with E-state index >= 15 is 0 Å². The van der Waals surface area contributed by atoms with Crippen molar-refractivity contribution in [3.8, 4) is 5.75 Å². The summed E-state index contributed by atoms with van der Waals surface area (Å²) in [6, 6.07) is 15.9. The second-order valence-corrected chi connectivity index (χ2v) is 5.78. The first-order chi connectivity index (χ1) is 13.0. The average molecular weight is 364 g/mol. The molecule has 0 amide bonds. The van der Waals surface area contributed by atoms with E-state index in [0.29, 0.717) is 29.8 Å². The maximum Gasteiger partial charge on any atom is 0.335 e. The molecule has 0 spiro atoms. The van der Waals surface area contributed by atoms with E-state index in [1.54, 1.807) is 31.2 Å². The van der Waals surface area contributed by atoms with Crippen LogP contribution in [0.5, 0.6) is 5.75 Å². The van der Waals surface area contributed by atoms with Gasteiger partial charge in [0, 0.05) is 17.4 Å². The van der Waals surface area contributed by atoms with Crippen LogP contribution in [-0.4, -0.2) is 27.7 Å². The molecule has 0 fully saturated rings. The fourth-order valence-corrected chi connectivity index (χ4v) is 2.52. The summed E-state index contributed by atoms with van der Waals surface area (Å²) in [7, 11) is 0. The van der Waals surface area contributed by atoms with Crippen molar-refractivity contribution >= 4 is 29.0 Å². The molecule has 0 bridgehead atoms.